The minimum absolute atomic E-state index is 0.126. The van der Waals surface area contributed by atoms with Gasteiger partial charge in [0.2, 0.25) is 0 Å². The molecule has 0 aromatic heterocycles. The zero-order valence-corrected chi connectivity index (χ0v) is 17.3. The van der Waals surface area contributed by atoms with Crippen LogP contribution in [0.1, 0.15) is 24.2 Å². The summed E-state index contributed by atoms with van der Waals surface area (Å²) in [6, 6.07) is 10.6. The van der Waals surface area contributed by atoms with Crippen LogP contribution in [0.4, 0.5) is 5.69 Å². The molecule has 0 radical (unpaired) electrons. The molecular weight excluding hydrogens is 388 g/mol. The average Bonchev–Trinajstić information content (AvgIpc) is 2.65. The summed E-state index contributed by atoms with van der Waals surface area (Å²) in [5.41, 5.74) is 0.660. The van der Waals surface area contributed by atoms with Gasteiger partial charge >= 0.3 is 0 Å². The maximum atomic E-state index is 12.8. The molecule has 8 heteroatoms. The Morgan fingerprint density at radius 3 is 2.33 bits per heavy atom. The molecule has 0 aliphatic carbocycles. The van der Waals surface area contributed by atoms with E-state index in [4.69, 9.17) is 16.3 Å². The van der Waals surface area contributed by atoms with Gasteiger partial charge in [0.15, 0.2) is 0 Å². The van der Waals surface area contributed by atoms with Crippen LogP contribution in [0.3, 0.4) is 0 Å². The topological polar surface area (TPSA) is 75.7 Å². The van der Waals surface area contributed by atoms with Crippen LogP contribution in [-0.2, 0) is 10.0 Å². The van der Waals surface area contributed by atoms with Crippen LogP contribution in [0.25, 0.3) is 0 Å². The van der Waals surface area contributed by atoms with E-state index in [9.17, 15) is 13.2 Å². The molecule has 0 aliphatic heterocycles. The summed E-state index contributed by atoms with van der Waals surface area (Å²) < 4.78 is 31.8. The molecule has 0 atom stereocenters. The lowest BCUT2D eigenvalue weighted by Gasteiger charge is -2.20. The van der Waals surface area contributed by atoms with E-state index in [1.54, 1.807) is 18.2 Å². The molecular formula is C19H23ClN2O4S. The van der Waals surface area contributed by atoms with Gasteiger partial charge in [-0.2, -0.15) is 0 Å². The van der Waals surface area contributed by atoms with Crippen molar-refractivity contribution in [1.29, 1.82) is 0 Å². The van der Waals surface area contributed by atoms with Crippen LogP contribution in [0, 0.1) is 5.92 Å². The van der Waals surface area contributed by atoms with E-state index < -0.39 is 10.0 Å². The molecule has 2 rings (SSSR count). The van der Waals surface area contributed by atoms with Crippen LogP contribution in [0.5, 0.6) is 5.75 Å². The number of nitrogens with zero attached hydrogens (tertiary/aromatic N) is 1. The number of sulfonamides is 1. The number of anilines is 1. The van der Waals surface area contributed by atoms with Crippen molar-refractivity contribution in [1.82, 2.24) is 5.32 Å². The number of halogens is 1. The Labute approximate surface area is 165 Å². The van der Waals surface area contributed by atoms with Crippen molar-refractivity contribution in [2.45, 2.75) is 18.7 Å². The molecule has 0 heterocycles. The quantitative estimate of drug-likeness (QED) is 0.757. The molecule has 146 valence electrons. The van der Waals surface area contributed by atoms with Crippen molar-refractivity contribution in [3.63, 3.8) is 0 Å². The summed E-state index contributed by atoms with van der Waals surface area (Å²) in [7, 11) is -0.825. The lowest BCUT2D eigenvalue weighted by atomic mass is 10.1. The largest absolute Gasteiger partial charge is 0.497 e. The summed E-state index contributed by atoms with van der Waals surface area (Å²) in [4.78, 5) is 12.3. The predicted octanol–water partition coefficient (Wildman–Crippen LogP) is 3.56. The highest BCUT2D eigenvalue weighted by Gasteiger charge is 2.22. The smallest absolute Gasteiger partial charge is 0.264 e. The third-order valence-corrected chi connectivity index (χ3v) is 6.06. The van der Waals surface area contributed by atoms with Crippen molar-refractivity contribution >= 4 is 33.2 Å². The second-order valence-corrected chi connectivity index (χ2v) is 8.79. The number of hydrogen-bond acceptors (Lipinski definition) is 4. The normalized spacial score (nSPS) is 11.3. The number of ether oxygens (including phenoxy) is 1. The second kappa shape index (κ2) is 8.63. The van der Waals surface area contributed by atoms with Crippen molar-refractivity contribution in [2.75, 3.05) is 25.0 Å². The zero-order valence-electron chi connectivity index (χ0n) is 15.7. The Bertz CT molecular complexity index is 912. The first-order valence-corrected chi connectivity index (χ1v) is 10.2. The van der Waals surface area contributed by atoms with Crippen LogP contribution in [0.2, 0.25) is 5.02 Å². The van der Waals surface area contributed by atoms with Crippen molar-refractivity contribution in [3.8, 4) is 5.75 Å². The Kier molecular flexibility index (Phi) is 6.73. The standard InChI is InChI=1S/C19H23ClN2O4S/c1-13(2)12-21-19(23)17-10-5-14(11-18(17)20)22(3)27(24,25)16-8-6-15(26-4)7-9-16/h5-11,13H,12H2,1-4H3,(H,21,23). The summed E-state index contributed by atoms with van der Waals surface area (Å²) in [5, 5.41) is 2.97. The number of hydrogen-bond donors (Lipinski definition) is 1. The lowest BCUT2D eigenvalue weighted by Crippen LogP contribution is -2.28. The van der Waals surface area contributed by atoms with E-state index in [1.807, 2.05) is 13.8 Å². The Morgan fingerprint density at radius 2 is 1.81 bits per heavy atom. The highest BCUT2D eigenvalue weighted by Crippen LogP contribution is 2.28. The van der Waals surface area contributed by atoms with Gasteiger partial charge in [-0.15, -0.1) is 0 Å². The second-order valence-electron chi connectivity index (χ2n) is 6.42. The van der Waals surface area contributed by atoms with Crippen molar-refractivity contribution in [2.24, 2.45) is 5.92 Å². The molecule has 2 aromatic rings. The van der Waals surface area contributed by atoms with Gasteiger partial charge in [-0.25, -0.2) is 8.42 Å². The van der Waals surface area contributed by atoms with Gasteiger partial charge < -0.3 is 10.1 Å². The van der Waals surface area contributed by atoms with Crippen LogP contribution < -0.4 is 14.4 Å². The summed E-state index contributed by atoms with van der Waals surface area (Å²) in [6.07, 6.45) is 0. The Morgan fingerprint density at radius 1 is 1.19 bits per heavy atom. The zero-order chi connectivity index (χ0) is 20.2. The van der Waals surface area contributed by atoms with E-state index in [2.05, 4.69) is 5.32 Å². The molecule has 2 aromatic carbocycles. The van der Waals surface area contributed by atoms with Crippen LogP contribution >= 0.6 is 11.6 Å². The van der Waals surface area contributed by atoms with Crippen LogP contribution in [-0.4, -0.2) is 35.0 Å². The fourth-order valence-electron chi connectivity index (χ4n) is 2.32. The van der Waals surface area contributed by atoms with E-state index >= 15 is 0 Å². The summed E-state index contributed by atoms with van der Waals surface area (Å²) >= 11 is 6.22. The van der Waals surface area contributed by atoms with Gasteiger partial charge in [0.05, 0.1) is 28.3 Å². The molecule has 6 nitrogen and oxygen atoms in total. The van der Waals surface area contributed by atoms with Gasteiger partial charge in [-0.05, 0) is 48.4 Å². The molecule has 27 heavy (non-hydrogen) atoms. The molecule has 0 unspecified atom stereocenters. The Balaban J connectivity index is 2.26. The number of nitrogens with one attached hydrogen (secondary N) is 1. The fraction of sp³-hybridized carbons (Fsp3) is 0.316. The monoisotopic (exact) mass is 410 g/mol. The maximum Gasteiger partial charge on any atom is 0.264 e. The first-order valence-electron chi connectivity index (χ1n) is 8.37. The number of amides is 1. The van der Waals surface area contributed by atoms with Crippen molar-refractivity contribution in [3.05, 3.63) is 53.1 Å². The van der Waals surface area contributed by atoms with Gasteiger partial charge in [0.1, 0.15) is 5.75 Å². The number of benzene rings is 2. The number of carbonyl (C=O) groups excluding carboxylic acids is 1. The first-order chi connectivity index (χ1) is 12.7. The molecule has 0 bridgehead atoms. The van der Waals surface area contributed by atoms with E-state index in [0.717, 1.165) is 4.31 Å². The van der Waals surface area contributed by atoms with E-state index in [1.165, 1.54) is 38.4 Å². The molecule has 1 amide bonds. The molecule has 0 fully saturated rings. The molecule has 1 N–H and O–H groups in total. The minimum atomic E-state index is -3.77. The predicted molar refractivity (Wildman–Crippen MR) is 107 cm³/mol. The van der Waals surface area contributed by atoms with Gasteiger partial charge in [0, 0.05) is 13.6 Å². The lowest BCUT2D eigenvalue weighted by molar-refractivity contribution is 0.0949. The third-order valence-electron chi connectivity index (χ3n) is 3.95. The SMILES string of the molecule is COc1ccc(S(=O)(=O)N(C)c2ccc(C(=O)NCC(C)C)c(Cl)c2)cc1. The number of carbonyl (C=O) groups is 1. The van der Waals surface area contributed by atoms with Crippen molar-refractivity contribution < 1.29 is 17.9 Å². The fourth-order valence-corrected chi connectivity index (χ4v) is 3.77. The molecule has 0 saturated carbocycles. The van der Waals surface area contributed by atoms with Gasteiger partial charge in [-0.3, -0.25) is 9.10 Å². The minimum Gasteiger partial charge on any atom is -0.497 e. The van der Waals surface area contributed by atoms with Gasteiger partial charge in [0.25, 0.3) is 15.9 Å². The first kappa shape index (κ1) is 21.1. The highest BCUT2D eigenvalue weighted by atomic mass is 35.5. The maximum absolute atomic E-state index is 12.8. The molecule has 0 saturated heterocycles. The summed E-state index contributed by atoms with van der Waals surface area (Å²) in [6.45, 7) is 4.51. The van der Waals surface area contributed by atoms with Crippen LogP contribution in [0.15, 0.2) is 47.4 Å². The Hall–Kier alpha value is -2.25. The highest BCUT2D eigenvalue weighted by molar-refractivity contribution is 7.92. The molecule has 0 spiro atoms. The average molecular weight is 411 g/mol. The number of methoxy groups -OCH3 is 1. The van der Waals surface area contributed by atoms with Gasteiger partial charge in [-0.1, -0.05) is 25.4 Å². The third kappa shape index (κ3) is 4.93. The van der Waals surface area contributed by atoms with E-state index in [0.29, 0.717) is 29.5 Å². The molecule has 0 aliphatic rings. The summed E-state index contributed by atoms with van der Waals surface area (Å²) in [5.74, 6) is 0.588. The van der Waals surface area contributed by atoms with E-state index in [-0.39, 0.29) is 15.8 Å². The number of rotatable bonds is 7.